The average molecular weight is 282 g/mol. The summed E-state index contributed by atoms with van der Waals surface area (Å²) in [5.41, 5.74) is 3.34. The Bertz CT molecular complexity index is 473. The van der Waals surface area contributed by atoms with Crippen molar-refractivity contribution in [3.8, 4) is 0 Å². The molecule has 0 aromatic heterocycles. The Balaban J connectivity index is 2.15. The van der Waals surface area contributed by atoms with Crippen LogP contribution in [0.4, 0.5) is 4.79 Å². The zero-order valence-electron chi connectivity index (χ0n) is 11.6. The smallest absolute Gasteiger partial charge is 0.411 e. The Morgan fingerprint density at radius 2 is 2.26 bits per heavy atom. The summed E-state index contributed by atoms with van der Waals surface area (Å²) in [5.74, 6) is 0.315. The molecule has 0 saturated heterocycles. The van der Waals surface area contributed by atoms with E-state index in [4.69, 9.17) is 16.3 Å². The van der Waals surface area contributed by atoms with Crippen LogP contribution in [0.5, 0.6) is 0 Å². The topological polar surface area (TPSA) is 29.5 Å². The monoisotopic (exact) mass is 281 g/mol. The molecular weight excluding hydrogens is 262 g/mol. The van der Waals surface area contributed by atoms with Crippen molar-refractivity contribution < 1.29 is 9.53 Å². The maximum atomic E-state index is 11.9. The van der Waals surface area contributed by atoms with E-state index in [1.54, 1.807) is 11.8 Å². The number of alkyl halides is 1. The summed E-state index contributed by atoms with van der Waals surface area (Å²) in [7, 11) is 0. The van der Waals surface area contributed by atoms with E-state index >= 15 is 0 Å². The van der Waals surface area contributed by atoms with Crippen LogP contribution in [0.2, 0.25) is 0 Å². The Morgan fingerprint density at radius 3 is 2.95 bits per heavy atom. The van der Waals surface area contributed by atoms with Crippen LogP contribution in [-0.2, 0) is 11.2 Å². The molecule has 0 aliphatic carbocycles. The summed E-state index contributed by atoms with van der Waals surface area (Å²) in [6, 6.07) is 6.51. The number of hydrogen-bond donors (Lipinski definition) is 0. The van der Waals surface area contributed by atoms with Gasteiger partial charge >= 0.3 is 6.09 Å². The van der Waals surface area contributed by atoms with Crippen LogP contribution in [0.1, 0.15) is 36.5 Å². The third kappa shape index (κ3) is 3.41. The fourth-order valence-corrected chi connectivity index (χ4v) is 2.63. The van der Waals surface area contributed by atoms with Gasteiger partial charge in [0, 0.05) is 13.1 Å². The van der Waals surface area contributed by atoms with E-state index in [0.717, 1.165) is 6.42 Å². The van der Waals surface area contributed by atoms with Crippen molar-refractivity contribution >= 4 is 17.7 Å². The lowest BCUT2D eigenvalue weighted by atomic mass is 9.94. The van der Waals surface area contributed by atoms with Crippen molar-refractivity contribution in [3.05, 3.63) is 34.9 Å². The molecule has 2 atom stereocenters. The predicted octanol–water partition coefficient (Wildman–Crippen LogP) is 3.68. The summed E-state index contributed by atoms with van der Waals surface area (Å²) in [6.07, 6.45) is 0.546. The molecule has 0 saturated carbocycles. The van der Waals surface area contributed by atoms with E-state index < -0.39 is 5.56 Å². The van der Waals surface area contributed by atoms with Crippen molar-refractivity contribution in [1.29, 1.82) is 0 Å². The number of halogens is 1. The highest BCUT2D eigenvalue weighted by Gasteiger charge is 2.24. The number of fused-ring (bicyclic) bond motifs is 1. The van der Waals surface area contributed by atoms with Gasteiger partial charge in [-0.2, -0.15) is 0 Å². The zero-order valence-corrected chi connectivity index (χ0v) is 12.4. The first kappa shape index (κ1) is 14.2. The molecular formula is C15H20ClNO2. The molecule has 1 heterocycles. The normalized spacial score (nSPS) is 20.4. The minimum atomic E-state index is -0.587. The van der Waals surface area contributed by atoms with Crippen LogP contribution in [0, 0.1) is 6.92 Å². The fourth-order valence-electron chi connectivity index (χ4n) is 2.56. The molecule has 0 bridgehead atoms. The van der Waals surface area contributed by atoms with Gasteiger partial charge in [0.2, 0.25) is 0 Å². The summed E-state index contributed by atoms with van der Waals surface area (Å²) >= 11 is 5.71. The molecule has 104 valence electrons. The number of benzene rings is 1. The Morgan fingerprint density at radius 1 is 1.53 bits per heavy atom. The zero-order chi connectivity index (χ0) is 14.0. The Kier molecular flexibility index (Phi) is 4.35. The van der Waals surface area contributed by atoms with E-state index in [2.05, 4.69) is 32.0 Å². The number of carbonyl (C=O) groups excluding carboxylic acids is 1. The molecule has 1 aliphatic heterocycles. The maximum absolute atomic E-state index is 11.9. The van der Waals surface area contributed by atoms with Gasteiger partial charge in [-0.15, -0.1) is 0 Å². The summed E-state index contributed by atoms with van der Waals surface area (Å²) in [4.78, 5) is 13.7. The van der Waals surface area contributed by atoms with Crippen LogP contribution in [0.25, 0.3) is 0 Å². The number of aryl methyl sites for hydroxylation is 1. The second-order valence-electron chi connectivity index (χ2n) is 5.23. The minimum absolute atomic E-state index is 0.315. The van der Waals surface area contributed by atoms with Gasteiger partial charge in [0.05, 0.1) is 0 Å². The van der Waals surface area contributed by atoms with Gasteiger partial charge in [-0.3, -0.25) is 0 Å². The first-order chi connectivity index (χ1) is 8.97. The highest BCUT2D eigenvalue weighted by atomic mass is 35.5. The average Bonchev–Trinajstić information content (AvgIpc) is 2.49. The molecule has 0 N–H and O–H groups in total. The lowest BCUT2D eigenvalue weighted by molar-refractivity contribution is 0.0954. The molecule has 2 unspecified atom stereocenters. The van der Waals surface area contributed by atoms with Crippen molar-refractivity contribution in [1.82, 2.24) is 4.90 Å². The summed E-state index contributed by atoms with van der Waals surface area (Å²) in [6.45, 7) is 7.26. The number of ether oxygens (including phenoxy) is 1. The highest BCUT2D eigenvalue weighted by Crippen LogP contribution is 2.26. The molecule has 0 fully saturated rings. The van der Waals surface area contributed by atoms with Gasteiger partial charge in [0.15, 0.2) is 5.56 Å². The van der Waals surface area contributed by atoms with E-state index in [0.29, 0.717) is 19.0 Å². The summed E-state index contributed by atoms with van der Waals surface area (Å²) < 4.78 is 5.07. The quantitative estimate of drug-likeness (QED) is 0.735. The van der Waals surface area contributed by atoms with Gasteiger partial charge in [-0.1, -0.05) is 42.3 Å². The third-order valence-electron chi connectivity index (χ3n) is 3.50. The van der Waals surface area contributed by atoms with Gasteiger partial charge in [-0.25, -0.2) is 4.79 Å². The van der Waals surface area contributed by atoms with Gasteiger partial charge in [0.1, 0.15) is 0 Å². The van der Waals surface area contributed by atoms with Gasteiger partial charge in [-0.05, 0) is 37.3 Å². The van der Waals surface area contributed by atoms with E-state index in [-0.39, 0.29) is 6.09 Å². The third-order valence-corrected chi connectivity index (χ3v) is 3.59. The second kappa shape index (κ2) is 5.83. The van der Waals surface area contributed by atoms with Crippen LogP contribution in [0.15, 0.2) is 18.2 Å². The number of carbonyl (C=O) groups is 1. The lowest BCUT2D eigenvalue weighted by Gasteiger charge is -2.23. The molecule has 3 nitrogen and oxygen atoms in total. The minimum Gasteiger partial charge on any atom is -0.430 e. The fraction of sp³-hybridized carbons (Fsp3) is 0.533. The largest absolute Gasteiger partial charge is 0.430 e. The van der Waals surface area contributed by atoms with Crippen molar-refractivity contribution in [2.24, 2.45) is 0 Å². The molecule has 4 heteroatoms. The van der Waals surface area contributed by atoms with E-state index in [1.807, 2.05) is 0 Å². The molecule has 0 spiro atoms. The molecule has 19 heavy (non-hydrogen) atoms. The predicted molar refractivity (Wildman–Crippen MR) is 76.7 cm³/mol. The molecule has 2 rings (SSSR count). The second-order valence-corrected chi connectivity index (χ2v) is 5.84. The Labute approximate surface area is 119 Å². The number of hydrogen-bond acceptors (Lipinski definition) is 2. The molecule has 0 radical (unpaired) electrons. The van der Waals surface area contributed by atoms with Crippen LogP contribution in [0.3, 0.4) is 0 Å². The first-order valence-electron chi connectivity index (χ1n) is 6.66. The van der Waals surface area contributed by atoms with Crippen LogP contribution >= 0.6 is 11.6 Å². The lowest BCUT2D eigenvalue weighted by Crippen LogP contribution is -2.35. The molecule has 1 aliphatic rings. The van der Waals surface area contributed by atoms with E-state index in [9.17, 15) is 4.79 Å². The SMILES string of the molecule is Cc1ccc2c(c1)C(C)CN(C(=O)OC(C)Cl)CC2. The standard InChI is InChI=1S/C15H20ClNO2/c1-10-4-5-13-6-7-17(15(18)19-12(3)16)9-11(2)14(13)8-10/h4-5,8,11-12H,6-7,9H2,1-3H3. The number of amides is 1. The van der Waals surface area contributed by atoms with Crippen molar-refractivity contribution in [2.75, 3.05) is 13.1 Å². The number of rotatable bonds is 1. The van der Waals surface area contributed by atoms with Crippen LogP contribution < -0.4 is 0 Å². The number of nitrogens with zero attached hydrogens (tertiary/aromatic N) is 1. The van der Waals surface area contributed by atoms with E-state index in [1.165, 1.54) is 16.7 Å². The van der Waals surface area contributed by atoms with Crippen molar-refractivity contribution in [3.63, 3.8) is 0 Å². The highest BCUT2D eigenvalue weighted by molar-refractivity contribution is 6.19. The summed E-state index contributed by atoms with van der Waals surface area (Å²) in [5, 5.41) is 0. The Hall–Kier alpha value is -1.22. The van der Waals surface area contributed by atoms with Crippen molar-refractivity contribution in [2.45, 2.75) is 38.7 Å². The first-order valence-corrected chi connectivity index (χ1v) is 7.10. The van der Waals surface area contributed by atoms with Crippen LogP contribution in [-0.4, -0.2) is 29.6 Å². The molecule has 1 amide bonds. The molecule has 1 aromatic rings. The van der Waals surface area contributed by atoms with Gasteiger partial charge in [0.25, 0.3) is 0 Å². The molecule has 1 aromatic carbocycles. The maximum Gasteiger partial charge on any atom is 0.411 e. The van der Waals surface area contributed by atoms with Gasteiger partial charge < -0.3 is 9.64 Å².